The first kappa shape index (κ1) is 14.3. The molecule has 2 aromatic rings. The van der Waals surface area contributed by atoms with Gasteiger partial charge in [0.25, 0.3) is 0 Å². The van der Waals surface area contributed by atoms with Gasteiger partial charge >= 0.3 is 0 Å². The van der Waals surface area contributed by atoms with E-state index in [-0.39, 0.29) is 0 Å². The zero-order valence-electron chi connectivity index (χ0n) is 12.1. The summed E-state index contributed by atoms with van der Waals surface area (Å²) in [6, 6.07) is 7.01. The number of alkyl halides is 1. The van der Waals surface area contributed by atoms with Crippen LogP contribution < -0.4 is 0 Å². The predicted octanol–water partition coefficient (Wildman–Crippen LogP) is 4.93. The molecule has 1 fully saturated rings. The first-order valence-corrected chi connectivity index (χ1v) is 9.12. The number of thioether (sulfide) groups is 1. The van der Waals surface area contributed by atoms with E-state index in [1.165, 1.54) is 36.8 Å². The van der Waals surface area contributed by atoms with Crippen LogP contribution in [0, 0.1) is 6.92 Å². The lowest BCUT2D eigenvalue weighted by molar-refractivity contribution is 0.361. The van der Waals surface area contributed by atoms with Crippen LogP contribution in [0.2, 0.25) is 0 Å². The molecule has 2 nitrogen and oxygen atoms in total. The van der Waals surface area contributed by atoms with Gasteiger partial charge in [-0.05, 0) is 50.5 Å². The fraction of sp³-hybridized carbons (Fsp3) is 0.562. The molecule has 0 unspecified atom stereocenters. The molecule has 1 aliphatic rings. The Morgan fingerprint density at radius 1 is 1.30 bits per heavy atom. The molecule has 1 aliphatic carbocycles. The van der Waals surface area contributed by atoms with Crippen molar-refractivity contribution in [3.05, 3.63) is 29.6 Å². The van der Waals surface area contributed by atoms with Crippen molar-refractivity contribution < 1.29 is 0 Å². The number of para-hydroxylation sites is 1. The lowest BCUT2D eigenvalue weighted by atomic mass is 9.94. The van der Waals surface area contributed by atoms with E-state index in [0.29, 0.717) is 11.9 Å². The Morgan fingerprint density at radius 2 is 2.05 bits per heavy atom. The number of halogens is 1. The fourth-order valence-electron chi connectivity index (χ4n) is 3.35. The summed E-state index contributed by atoms with van der Waals surface area (Å²) in [5, 5.41) is 0.835. The molecule has 0 amide bonds. The highest BCUT2D eigenvalue weighted by atomic mass is 35.5. The smallest absolute Gasteiger partial charge is 0.125 e. The Balaban J connectivity index is 2.00. The molecule has 1 aromatic carbocycles. The quantitative estimate of drug-likeness (QED) is 0.748. The van der Waals surface area contributed by atoms with Crippen molar-refractivity contribution in [3.8, 4) is 0 Å². The molecule has 4 heteroatoms. The van der Waals surface area contributed by atoms with E-state index < -0.39 is 0 Å². The van der Waals surface area contributed by atoms with Crippen molar-refractivity contribution >= 4 is 34.4 Å². The van der Waals surface area contributed by atoms with Gasteiger partial charge in [-0.1, -0.05) is 12.1 Å². The highest BCUT2D eigenvalue weighted by molar-refractivity contribution is 7.99. The van der Waals surface area contributed by atoms with E-state index in [0.717, 1.165) is 16.6 Å². The molecule has 0 atom stereocenters. The molecule has 1 heterocycles. The maximum absolute atomic E-state index is 6.14. The van der Waals surface area contributed by atoms with Crippen molar-refractivity contribution in [2.45, 2.75) is 49.8 Å². The minimum atomic E-state index is 0.497. The molecular weight excluding hydrogens is 288 g/mol. The van der Waals surface area contributed by atoms with Crippen molar-refractivity contribution in [1.82, 2.24) is 9.55 Å². The Hall–Kier alpha value is -0.670. The summed E-state index contributed by atoms with van der Waals surface area (Å²) in [6.45, 7) is 2.13. The molecule has 0 bridgehead atoms. The van der Waals surface area contributed by atoms with E-state index in [4.69, 9.17) is 16.6 Å². The number of fused-ring (bicyclic) bond motifs is 1. The number of nitrogens with zero attached hydrogens (tertiary/aromatic N) is 2. The SMILES string of the molecule is CSC1CCC(n2c(CCl)nc3c(C)cccc32)CC1. The molecule has 0 N–H and O–H groups in total. The lowest BCUT2D eigenvalue weighted by Gasteiger charge is -2.29. The third kappa shape index (κ3) is 2.46. The fourth-order valence-corrected chi connectivity index (χ4v) is 4.28. The van der Waals surface area contributed by atoms with Gasteiger partial charge in [0.05, 0.1) is 16.9 Å². The van der Waals surface area contributed by atoms with Gasteiger partial charge in [-0.2, -0.15) is 11.8 Å². The van der Waals surface area contributed by atoms with Gasteiger partial charge in [-0.15, -0.1) is 11.6 Å². The number of hydrogen-bond donors (Lipinski definition) is 0. The zero-order chi connectivity index (χ0) is 14.1. The van der Waals surface area contributed by atoms with Crippen LogP contribution in [0.5, 0.6) is 0 Å². The molecule has 0 aliphatic heterocycles. The topological polar surface area (TPSA) is 17.8 Å². The van der Waals surface area contributed by atoms with Crippen LogP contribution in [0.1, 0.15) is 43.1 Å². The Labute approximate surface area is 129 Å². The molecule has 1 aromatic heterocycles. The van der Waals surface area contributed by atoms with Crippen LogP contribution in [0.25, 0.3) is 11.0 Å². The molecule has 1 saturated carbocycles. The maximum atomic E-state index is 6.14. The molecule has 20 heavy (non-hydrogen) atoms. The van der Waals surface area contributed by atoms with E-state index in [9.17, 15) is 0 Å². The van der Waals surface area contributed by atoms with Crippen molar-refractivity contribution in [1.29, 1.82) is 0 Å². The molecular formula is C16H21ClN2S. The predicted molar refractivity (Wildman–Crippen MR) is 88.8 cm³/mol. The van der Waals surface area contributed by atoms with Gasteiger partial charge < -0.3 is 4.57 Å². The van der Waals surface area contributed by atoms with Gasteiger partial charge in [0.15, 0.2) is 0 Å². The average molecular weight is 309 g/mol. The highest BCUT2D eigenvalue weighted by Gasteiger charge is 2.25. The number of benzene rings is 1. The molecule has 108 valence electrons. The summed E-state index contributed by atoms with van der Waals surface area (Å²) in [6.07, 6.45) is 7.33. The van der Waals surface area contributed by atoms with E-state index in [1.807, 2.05) is 11.8 Å². The van der Waals surface area contributed by atoms with Crippen LogP contribution in [0.3, 0.4) is 0 Å². The van der Waals surface area contributed by atoms with Crippen molar-refractivity contribution in [3.63, 3.8) is 0 Å². The van der Waals surface area contributed by atoms with Crippen LogP contribution in [-0.2, 0) is 5.88 Å². The zero-order valence-corrected chi connectivity index (χ0v) is 13.7. The van der Waals surface area contributed by atoms with Gasteiger partial charge in [0.1, 0.15) is 5.82 Å². The molecule has 3 rings (SSSR count). The first-order chi connectivity index (χ1) is 9.74. The van der Waals surface area contributed by atoms with Gasteiger partial charge in [0.2, 0.25) is 0 Å². The van der Waals surface area contributed by atoms with E-state index in [1.54, 1.807) is 0 Å². The van der Waals surface area contributed by atoms with Crippen LogP contribution >= 0.6 is 23.4 Å². The molecule has 0 saturated heterocycles. The second kappa shape index (κ2) is 5.98. The maximum Gasteiger partial charge on any atom is 0.125 e. The molecule has 0 radical (unpaired) electrons. The van der Waals surface area contributed by atoms with E-state index >= 15 is 0 Å². The van der Waals surface area contributed by atoms with Gasteiger partial charge in [-0.3, -0.25) is 0 Å². The second-order valence-electron chi connectivity index (χ2n) is 5.64. The number of aryl methyl sites for hydroxylation is 1. The Morgan fingerprint density at radius 3 is 2.70 bits per heavy atom. The Bertz CT molecular complexity index is 600. The lowest BCUT2D eigenvalue weighted by Crippen LogP contribution is -2.20. The second-order valence-corrected chi connectivity index (χ2v) is 7.05. The first-order valence-electron chi connectivity index (χ1n) is 7.29. The molecule has 0 spiro atoms. The van der Waals surface area contributed by atoms with Gasteiger partial charge in [-0.25, -0.2) is 4.98 Å². The third-order valence-corrected chi connectivity index (χ3v) is 5.83. The van der Waals surface area contributed by atoms with Crippen LogP contribution in [0.15, 0.2) is 18.2 Å². The van der Waals surface area contributed by atoms with E-state index in [2.05, 4.69) is 35.9 Å². The van der Waals surface area contributed by atoms with Crippen LogP contribution in [0.4, 0.5) is 0 Å². The normalized spacial score (nSPS) is 23.4. The summed E-state index contributed by atoms with van der Waals surface area (Å²) in [7, 11) is 0. The summed E-state index contributed by atoms with van der Waals surface area (Å²) >= 11 is 8.15. The summed E-state index contributed by atoms with van der Waals surface area (Å²) in [4.78, 5) is 4.77. The summed E-state index contributed by atoms with van der Waals surface area (Å²) in [5.41, 5.74) is 3.62. The third-order valence-electron chi connectivity index (χ3n) is 4.46. The Kier molecular flexibility index (Phi) is 4.27. The van der Waals surface area contributed by atoms with Crippen molar-refractivity contribution in [2.75, 3.05) is 6.26 Å². The van der Waals surface area contributed by atoms with Gasteiger partial charge in [0, 0.05) is 11.3 Å². The highest BCUT2D eigenvalue weighted by Crippen LogP contribution is 2.36. The number of aromatic nitrogens is 2. The number of rotatable bonds is 3. The summed E-state index contributed by atoms with van der Waals surface area (Å²) < 4.78 is 2.41. The minimum absolute atomic E-state index is 0.497. The van der Waals surface area contributed by atoms with Crippen LogP contribution in [-0.4, -0.2) is 21.1 Å². The largest absolute Gasteiger partial charge is 0.324 e. The number of imidazole rings is 1. The standard InChI is InChI=1S/C16H21ClN2S/c1-11-4-3-5-14-16(11)18-15(10-17)19(14)12-6-8-13(20-2)9-7-12/h3-5,12-13H,6-10H2,1-2H3. The van der Waals surface area contributed by atoms with Crippen molar-refractivity contribution in [2.24, 2.45) is 0 Å². The average Bonchev–Trinajstić information content (AvgIpc) is 2.87. The minimum Gasteiger partial charge on any atom is -0.324 e. The summed E-state index contributed by atoms with van der Waals surface area (Å²) in [5.74, 6) is 1.53. The monoisotopic (exact) mass is 308 g/mol. The number of hydrogen-bond acceptors (Lipinski definition) is 2.